The number of nitrogens with zero attached hydrogens (tertiary/aromatic N) is 1. The summed E-state index contributed by atoms with van der Waals surface area (Å²) in [5.74, 6) is -0.120. The van der Waals surface area contributed by atoms with Crippen LogP contribution in [0.1, 0.15) is 37.9 Å². The van der Waals surface area contributed by atoms with Gasteiger partial charge in [-0.2, -0.15) is 0 Å². The molecule has 6 heteroatoms. The molecule has 0 spiro atoms. The Bertz CT molecular complexity index is 741. The smallest absolute Gasteiger partial charge is 0.251 e. The molecule has 1 amide bonds. The number of carbonyl (C=O) groups is 1. The Kier molecular flexibility index (Phi) is 6.61. The van der Waals surface area contributed by atoms with Crippen molar-refractivity contribution in [2.24, 2.45) is 0 Å². The molecule has 0 saturated heterocycles. The highest BCUT2D eigenvalue weighted by molar-refractivity contribution is 8.00. The van der Waals surface area contributed by atoms with Gasteiger partial charge in [0.1, 0.15) is 0 Å². The number of H-pyrrole nitrogens is 1. The predicted molar refractivity (Wildman–Crippen MR) is 98.6 cm³/mol. The van der Waals surface area contributed by atoms with Gasteiger partial charge in [-0.25, -0.2) is 4.98 Å². The van der Waals surface area contributed by atoms with Gasteiger partial charge in [0, 0.05) is 17.4 Å². The van der Waals surface area contributed by atoms with E-state index in [1.165, 1.54) is 17.8 Å². The third-order valence-electron chi connectivity index (χ3n) is 3.54. The lowest BCUT2D eigenvalue weighted by Crippen LogP contribution is -2.23. The van der Waals surface area contributed by atoms with Crippen molar-refractivity contribution in [3.63, 3.8) is 0 Å². The number of carbonyl (C=O) groups excluding carboxylic acids is 1. The zero-order valence-corrected chi connectivity index (χ0v) is 15.1. The van der Waals surface area contributed by atoms with Crippen LogP contribution in [0.25, 0.3) is 0 Å². The first-order valence-corrected chi connectivity index (χ1v) is 9.00. The van der Waals surface area contributed by atoms with E-state index in [1.807, 2.05) is 31.2 Å². The number of aryl methyl sites for hydroxylation is 2. The molecule has 1 aromatic heterocycles. The van der Waals surface area contributed by atoms with Gasteiger partial charge in [-0.3, -0.25) is 9.59 Å². The van der Waals surface area contributed by atoms with Crippen molar-refractivity contribution >= 4 is 23.4 Å². The van der Waals surface area contributed by atoms with E-state index in [9.17, 15) is 9.59 Å². The van der Waals surface area contributed by atoms with Gasteiger partial charge in [-0.1, -0.05) is 42.8 Å². The Balaban J connectivity index is 2.01. The van der Waals surface area contributed by atoms with Crippen LogP contribution in [0.15, 0.2) is 40.3 Å². The molecule has 5 nitrogen and oxygen atoms in total. The molecule has 1 heterocycles. The third kappa shape index (κ3) is 5.53. The summed E-state index contributed by atoms with van der Waals surface area (Å²) in [5, 5.41) is 2.99. The molecular formula is C18H23N3O2S. The summed E-state index contributed by atoms with van der Waals surface area (Å²) in [7, 11) is 0. The normalized spacial score (nSPS) is 12.0. The molecule has 1 atom stereocenters. The molecule has 0 radical (unpaired) electrons. The molecule has 24 heavy (non-hydrogen) atoms. The van der Waals surface area contributed by atoms with Crippen molar-refractivity contribution in [3.05, 3.63) is 51.9 Å². The summed E-state index contributed by atoms with van der Waals surface area (Å²) in [4.78, 5) is 31.2. The van der Waals surface area contributed by atoms with Crippen molar-refractivity contribution in [2.75, 3.05) is 5.32 Å². The quantitative estimate of drug-likeness (QED) is 0.594. The maximum absolute atomic E-state index is 12.3. The first-order chi connectivity index (χ1) is 11.5. The first-order valence-electron chi connectivity index (χ1n) is 8.12. The molecule has 2 N–H and O–H groups in total. The van der Waals surface area contributed by atoms with E-state index in [4.69, 9.17) is 0 Å². The molecule has 0 bridgehead atoms. The average molecular weight is 345 g/mol. The van der Waals surface area contributed by atoms with E-state index in [0.29, 0.717) is 5.16 Å². The average Bonchev–Trinajstić information content (AvgIpc) is 2.54. The zero-order chi connectivity index (χ0) is 17.5. The van der Waals surface area contributed by atoms with Crippen molar-refractivity contribution in [1.82, 2.24) is 9.97 Å². The number of thioether (sulfide) groups is 1. The molecule has 1 unspecified atom stereocenters. The molecule has 0 fully saturated rings. The molecule has 2 rings (SSSR count). The van der Waals surface area contributed by atoms with Crippen molar-refractivity contribution < 1.29 is 4.79 Å². The van der Waals surface area contributed by atoms with Crippen LogP contribution >= 0.6 is 11.8 Å². The molecule has 1 aromatic carbocycles. The van der Waals surface area contributed by atoms with E-state index in [1.54, 1.807) is 6.92 Å². The van der Waals surface area contributed by atoms with Crippen LogP contribution in [0.3, 0.4) is 0 Å². The Hall–Kier alpha value is -2.08. The summed E-state index contributed by atoms with van der Waals surface area (Å²) >= 11 is 1.26. The predicted octanol–water partition coefficient (Wildman–Crippen LogP) is 3.54. The van der Waals surface area contributed by atoms with Crippen LogP contribution in [0.2, 0.25) is 0 Å². The maximum atomic E-state index is 12.3. The van der Waals surface area contributed by atoms with Crippen LogP contribution in [-0.4, -0.2) is 21.1 Å². The number of anilines is 1. The monoisotopic (exact) mass is 345 g/mol. The van der Waals surface area contributed by atoms with E-state index >= 15 is 0 Å². The number of aromatic amines is 1. The molecular weight excluding hydrogens is 322 g/mol. The largest absolute Gasteiger partial charge is 0.325 e. The number of hydrogen-bond donors (Lipinski definition) is 2. The molecule has 2 aromatic rings. The standard InChI is InChI=1S/C18H23N3O2S/c1-4-5-6-15-11-16(22)21-18(20-15)24-13(3)17(23)19-14-9-7-12(2)8-10-14/h7-11,13H,4-6H2,1-3H3,(H,19,23)(H,20,21,22). The Labute approximate surface area is 146 Å². The number of nitrogens with one attached hydrogen (secondary N) is 2. The van der Waals surface area contributed by atoms with E-state index in [0.717, 1.165) is 36.2 Å². The molecule has 128 valence electrons. The summed E-state index contributed by atoms with van der Waals surface area (Å²) in [5.41, 5.74) is 2.50. The summed E-state index contributed by atoms with van der Waals surface area (Å²) in [6, 6.07) is 9.16. The van der Waals surface area contributed by atoms with Gasteiger partial charge in [-0.15, -0.1) is 0 Å². The van der Waals surface area contributed by atoms with Gasteiger partial charge >= 0.3 is 0 Å². The number of rotatable bonds is 7. The van der Waals surface area contributed by atoms with Crippen LogP contribution in [0, 0.1) is 6.92 Å². The number of amides is 1. The van der Waals surface area contributed by atoms with Gasteiger partial charge in [0.25, 0.3) is 5.56 Å². The maximum Gasteiger partial charge on any atom is 0.251 e. The number of benzene rings is 1. The highest BCUT2D eigenvalue weighted by atomic mass is 32.2. The zero-order valence-electron chi connectivity index (χ0n) is 14.3. The minimum Gasteiger partial charge on any atom is -0.325 e. The number of unbranched alkanes of at least 4 members (excludes halogenated alkanes) is 1. The fourth-order valence-corrected chi connectivity index (χ4v) is 2.96. The lowest BCUT2D eigenvalue weighted by molar-refractivity contribution is -0.115. The van der Waals surface area contributed by atoms with Crippen LogP contribution in [0.4, 0.5) is 5.69 Å². The van der Waals surface area contributed by atoms with E-state index < -0.39 is 0 Å². The van der Waals surface area contributed by atoms with Gasteiger partial charge in [0.05, 0.1) is 5.25 Å². The molecule has 0 aliphatic rings. The fourth-order valence-electron chi connectivity index (χ4n) is 2.13. The summed E-state index contributed by atoms with van der Waals surface area (Å²) in [6.07, 6.45) is 2.81. The molecule has 0 aliphatic heterocycles. The number of aromatic nitrogens is 2. The Morgan fingerprint density at radius 2 is 2.04 bits per heavy atom. The van der Waals surface area contributed by atoms with E-state index in [2.05, 4.69) is 22.2 Å². The van der Waals surface area contributed by atoms with Gasteiger partial charge in [0.2, 0.25) is 5.91 Å². The first kappa shape index (κ1) is 18.3. The second-order valence-electron chi connectivity index (χ2n) is 5.76. The third-order valence-corrected chi connectivity index (χ3v) is 4.52. The van der Waals surface area contributed by atoms with Crippen LogP contribution in [-0.2, 0) is 11.2 Å². The van der Waals surface area contributed by atoms with Crippen molar-refractivity contribution in [2.45, 2.75) is 50.4 Å². The van der Waals surface area contributed by atoms with Crippen LogP contribution in [0.5, 0.6) is 0 Å². The number of hydrogen-bond acceptors (Lipinski definition) is 4. The van der Waals surface area contributed by atoms with Gasteiger partial charge in [-0.05, 0) is 38.8 Å². The lowest BCUT2D eigenvalue weighted by Gasteiger charge is -2.12. The highest BCUT2D eigenvalue weighted by Gasteiger charge is 2.16. The highest BCUT2D eigenvalue weighted by Crippen LogP contribution is 2.20. The lowest BCUT2D eigenvalue weighted by atomic mass is 10.2. The molecule has 0 aliphatic carbocycles. The Morgan fingerprint density at radius 1 is 1.33 bits per heavy atom. The second-order valence-corrected chi connectivity index (χ2v) is 7.09. The summed E-state index contributed by atoms with van der Waals surface area (Å²) in [6.45, 7) is 5.89. The van der Waals surface area contributed by atoms with Crippen molar-refractivity contribution in [1.29, 1.82) is 0 Å². The van der Waals surface area contributed by atoms with Gasteiger partial charge in [0.15, 0.2) is 5.16 Å². The van der Waals surface area contributed by atoms with Gasteiger partial charge < -0.3 is 10.3 Å². The van der Waals surface area contributed by atoms with Crippen LogP contribution < -0.4 is 10.9 Å². The van der Waals surface area contributed by atoms with Crippen molar-refractivity contribution in [3.8, 4) is 0 Å². The topological polar surface area (TPSA) is 74.8 Å². The van der Waals surface area contributed by atoms with E-state index in [-0.39, 0.29) is 16.7 Å². The summed E-state index contributed by atoms with van der Waals surface area (Å²) < 4.78 is 0. The minimum atomic E-state index is -0.365. The Morgan fingerprint density at radius 3 is 2.71 bits per heavy atom. The minimum absolute atomic E-state index is 0.120. The SMILES string of the molecule is CCCCc1cc(=O)[nH]c(SC(C)C(=O)Nc2ccc(C)cc2)n1. The fraction of sp³-hybridized carbons (Fsp3) is 0.389. The molecule has 0 saturated carbocycles. The second kappa shape index (κ2) is 8.68.